The first-order valence-electron chi connectivity index (χ1n) is 8.29. The molecule has 2 atom stereocenters. The van der Waals surface area contributed by atoms with Gasteiger partial charge in [-0.25, -0.2) is 0 Å². The van der Waals surface area contributed by atoms with E-state index in [1.165, 1.54) is 0 Å². The molecule has 0 saturated heterocycles. The average Bonchev–Trinajstić information content (AvgIpc) is 2.67. The van der Waals surface area contributed by atoms with E-state index in [1.807, 2.05) is 30.3 Å². The number of aliphatic hydroxyl groups excluding tert-OH is 1. The van der Waals surface area contributed by atoms with Gasteiger partial charge in [0.25, 0.3) is 5.91 Å². The van der Waals surface area contributed by atoms with Crippen molar-refractivity contribution in [3.05, 3.63) is 83.9 Å². The molecular weight excluding hydrogens is 330 g/mol. The summed E-state index contributed by atoms with van der Waals surface area (Å²) in [6.45, 7) is -0.170. The van der Waals surface area contributed by atoms with Gasteiger partial charge in [0.05, 0.1) is 6.10 Å². The van der Waals surface area contributed by atoms with Gasteiger partial charge in [0, 0.05) is 12.1 Å². The molecule has 132 valence electrons. The van der Waals surface area contributed by atoms with Gasteiger partial charge in [-0.3, -0.25) is 9.59 Å². The van der Waals surface area contributed by atoms with E-state index in [1.54, 1.807) is 42.5 Å². The summed E-state index contributed by atoms with van der Waals surface area (Å²) < 4.78 is 0. The maximum absolute atomic E-state index is 12.1. The molecule has 0 aromatic heterocycles. The standard InChI is InChI=1S/C21H19NO4/c23-19(17-11-10-14-6-4-5-9-16(14)12-17)18(21(25)26)13-22-20(24)15-7-2-1-3-8-15/h1-12,18-19,23H,13H2,(H,22,24)(H,25,26)/t18-,19-/m1/s1. The highest BCUT2D eigenvalue weighted by Gasteiger charge is 2.28. The minimum atomic E-state index is -1.23. The number of carbonyl (C=O) groups is 2. The molecule has 5 heteroatoms. The van der Waals surface area contributed by atoms with Crippen LogP contribution in [0.1, 0.15) is 22.0 Å². The molecule has 3 N–H and O–H groups in total. The Kier molecular flexibility index (Phi) is 5.29. The highest BCUT2D eigenvalue weighted by atomic mass is 16.4. The van der Waals surface area contributed by atoms with Gasteiger partial charge in [-0.1, -0.05) is 54.6 Å². The van der Waals surface area contributed by atoms with Crippen molar-refractivity contribution in [1.82, 2.24) is 5.32 Å². The number of hydrogen-bond acceptors (Lipinski definition) is 3. The van der Waals surface area contributed by atoms with Gasteiger partial charge in [-0.2, -0.15) is 0 Å². The van der Waals surface area contributed by atoms with Crippen LogP contribution in [0.25, 0.3) is 10.8 Å². The van der Waals surface area contributed by atoms with E-state index < -0.39 is 18.0 Å². The van der Waals surface area contributed by atoms with Crippen LogP contribution in [0.2, 0.25) is 0 Å². The third-order valence-corrected chi connectivity index (χ3v) is 4.33. The zero-order valence-electron chi connectivity index (χ0n) is 14.0. The minimum absolute atomic E-state index is 0.170. The van der Waals surface area contributed by atoms with E-state index in [4.69, 9.17) is 0 Å². The molecule has 0 bridgehead atoms. The number of aliphatic hydroxyl groups is 1. The summed E-state index contributed by atoms with van der Waals surface area (Å²) in [6.07, 6.45) is -1.23. The third kappa shape index (κ3) is 3.90. The lowest BCUT2D eigenvalue weighted by Gasteiger charge is -2.20. The van der Waals surface area contributed by atoms with Crippen molar-refractivity contribution in [1.29, 1.82) is 0 Å². The molecule has 0 heterocycles. The zero-order valence-corrected chi connectivity index (χ0v) is 14.0. The summed E-state index contributed by atoms with van der Waals surface area (Å²) in [5.74, 6) is -2.69. The summed E-state index contributed by atoms with van der Waals surface area (Å²) in [4.78, 5) is 23.7. The van der Waals surface area contributed by atoms with Crippen molar-refractivity contribution in [2.45, 2.75) is 6.10 Å². The van der Waals surface area contributed by atoms with Crippen LogP contribution >= 0.6 is 0 Å². The molecule has 0 radical (unpaired) electrons. The monoisotopic (exact) mass is 349 g/mol. The van der Waals surface area contributed by atoms with Crippen LogP contribution in [0.4, 0.5) is 0 Å². The van der Waals surface area contributed by atoms with Crippen LogP contribution in [-0.4, -0.2) is 28.6 Å². The molecule has 1 amide bonds. The van der Waals surface area contributed by atoms with E-state index in [0.29, 0.717) is 11.1 Å². The molecule has 0 aliphatic heterocycles. The number of carbonyl (C=O) groups excluding carboxylic acids is 1. The van der Waals surface area contributed by atoms with Gasteiger partial charge in [-0.15, -0.1) is 0 Å². The van der Waals surface area contributed by atoms with Crippen LogP contribution in [0.5, 0.6) is 0 Å². The Hall–Kier alpha value is -3.18. The minimum Gasteiger partial charge on any atom is -0.481 e. The highest BCUT2D eigenvalue weighted by Crippen LogP contribution is 2.26. The van der Waals surface area contributed by atoms with E-state index in [0.717, 1.165) is 10.8 Å². The van der Waals surface area contributed by atoms with Crippen molar-refractivity contribution < 1.29 is 19.8 Å². The lowest BCUT2D eigenvalue weighted by molar-refractivity contribution is -0.145. The second-order valence-corrected chi connectivity index (χ2v) is 6.07. The second kappa shape index (κ2) is 7.80. The van der Waals surface area contributed by atoms with E-state index in [9.17, 15) is 19.8 Å². The van der Waals surface area contributed by atoms with E-state index in [-0.39, 0.29) is 12.5 Å². The first-order chi connectivity index (χ1) is 12.6. The Morgan fingerprint density at radius 3 is 2.23 bits per heavy atom. The van der Waals surface area contributed by atoms with Crippen LogP contribution in [0, 0.1) is 5.92 Å². The topological polar surface area (TPSA) is 86.6 Å². The van der Waals surface area contributed by atoms with Crippen LogP contribution < -0.4 is 5.32 Å². The van der Waals surface area contributed by atoms with Crippen LogP contribution in [-0.2, 0) is 4.79 Å². The van der Waals surface area contributed by atoms with Crippen molar-refractivity contribution in [3.8, 4) is 0 Å². The number of benzene rings is 3. The first kappa shape index (κ1) is 17.6. The zero-order chi connectivity index (χ0) is 18.5. The van der Waals surface area contributed by atoms with Crippen LogP contribution in [0.15, 0.2) is 72.8 Å². The molecule has 0 unspecified atom stereocenters. The van der Waals surface area contributed by atoms with Crippen molar-refractivity contribution >= 4 is 22.6 Å². The molecule has 5 nitrogen and oxygen atoms in total. The van der Waals surface area contributed by atoms with Gasteiger partial charge < -0.3 is 15.5 Å². The van der Waals surface area contributed by atoms with Gasteiger partial charge in [0.1, 0.15) is 5.92 Å². The Morgan fingerprint density at radius 2 is 1.54 bits per heavy atom. The lowest BCUT2D eigenvalue weighted by Crippen LogP contribution is -2.36. The summed E-state index contributed by atoms with van der Waals surface area (Å²) in [6, 6.07) is 21.5. The van der Waals surface area contributed by atoms with Crippen molar-refractivity contribution in [2.75, 3.05) is 6.54 Å². The Morgan fingerprint density at radius 1 is 0.885 bits per heavy atom. The second-order valence-electron chi connectivity index (χ2n) is 6.07. The molecule has 3 rings (SSSR count). The maximum atomic E-state index is 12.1. The summed E-state index contributed by atoms with van der Waals surface area (Å²) in [7, 11) is 0. The fraction of sp³-hybridized carbons (Fsp3) is 0.143. The lowest BCUT2D eigenvalue weighted by atomic mass is 9.94. The van der Waals surface area contributed by atoms with Gasteiger partial charge in [0.2, 0.25) is 0 Å². The number of amides is 1. The predicted octanol–water partition coefficient (Wildman–Crippen LogP) is 3.00. The Bertz CT molecular complexity index is 923. The maximum Gasteiger partial charge on any atom is 0.311 e. The number of carboxylic acids is 1. The first-order valence-corrected chi connectivity index (χ1v) is 8.29. The summed E-state index contributed by atoms with van der Waals surface area (Å²) >= 11 is 0. The quantitative estimate of drug-likeness (QED) is 0.638. The molecule has 0 aliphatic rings. The molecule has 26 heavy (non-hydrogen) atoms. The van der Waals surface area contributed by atoms with Crippen LogP contribution in [0.3, 0.4) is 0 Å². The van der Waals surface area contributed by atoms with Crippen molar-refractivity contribution in [3.63, 3.8) is 0 Å². The van der Waals surface area contributed by atoms with Gasteiger partial charge in [0.15, 0.2) is 0 Å². The summed E-state index contributed by atoms with van der Waals surface area (Å²) in [5.41, 5.74) is 0.946. The molecule has 3 aromatic carbocycles. The average molecular weight is 349 g/mol. The van der Waals surface area contributed by atoms with E-state index in [2.05, 4.69) is 5.32 Å². The highest BCUT2D eigenvalue weighted by molar-refractivity contribution is 5.94. The van der Waals surface area contributed by atoms with Gasteiger partial charge in [-0.05, 0) is 34.5 Å². The fourth-order valence-corrected chi connectivity index (χ4v) is 2.85. The summed E-state index contributed by atoms with van der Waals surface area (Å²) in [5, 5.41) is 24.6. The number of rotatable bonds is 6. The molecule has 3 aromatic rings. The van der Waals surface area contributed by atoms with Gasteiger partial charge >= 0.3 is 5.97 Å². The number of nitrogens with one attached hydrogen (secondary N) is 1. The largest absolute Gasteiger partial charge is 0.481 e. The molecular formula is C21H19NO4. The molecule has 0 spiro atoms. The smallest absolute Gasteiger partial charge is 0.311 e. The number of hydrogen-bond donors (Lipinski definition) is 3. The predicted molar refractivity (Wildman–Crippen MR) is 98.8 cm³/mol. The third-order valence-electron chi connectivity index (χ3n) is 4.33. The molecule has 0 aliphatic carbocycles. The number of aliphatic carboxylic acids is 1. The van der Waals surface area contributed by atoms with Crippen molar-refractivity contribution in [2.24, 2.45) is 5.92 Å². The SMILES string of the molecule is O=C(NC[C@@H](C(=O)O)[C@H](O)c1ccc2ccccc2c1)c1ccccc1. The fourth-order valence-electron chi connectivity index (χ4n) is 2.85. The molecule has 0 saturated carbocycles. The Balaban J connectivity index is 1.75. The Labute approximate surface area is 150 Å². The van der Waals surface area contributed by atoms with E-state index >= 15 is 0 Å². The normalized spacial score (nSPS) is 13.1. The number of fused-ring (bicyclic) bond motifs is 1. The number of carboxylic acid groups (broad SMARTS) is 1. The molecule has 0 fully saturated rings.